The molecule has 19 heavy (non-hydrogen) atoms. The van der Waals surface area contributed by atoms with Crippen molar-refractivity contribution in [3.8, 4) is 0 Å². The zero-order chi connectivity index (χ0) is 14.0. The molecular formula is C13H20N4OS. The number of carbonyl (C=O) groups excluding carboxylic acids is 1. The molecule has 1 heterocycles. The number of carbonyl (C=O) groups is 1. The molecule has 0 saturated heterocycles. The van der Waals surface area contributed by atoms with Crippen LogP contribution in [0.4, 0.5) is 0 Å². The molecule has 104 valence electrons. The highest BCUT2D eigenvalue weighted by atomic mass is 32.1. The van der Waals surface area contributed by atoms with Gasteiger partial charge in [0.25, 0.3) is 0 Å². The minimum Gasteiger partial charge on any atom is -0.392 e. The second-order valence-corrected chi connectivity index (χ2v) is 6.00. The van der Waals surface area contributed by atoms with Gasteiger partial charge in [-0.05, 0) is 31.7 Å². The average molecular weight is 280 g/mol. The number of aromatic nitrogens is 2. The molecule has 1 atom stereocenters. The fraction of sp³-hybridized carbons (Fsp3) is 0.615. The molecule has 1 aliphatic carbocycles. The van der Waals surface area contributed by atoms with Crippen LogP contribution in [-0.4, -0.2) is 26.7 Å². The molecule has 0 radical (unpaired) electrons. The molecule has 1 aliphatic rings. The zero-order valence-electron chi connectivity index (χ0n) is 11.3. The van der Waals surface area contributed by atoms with Crippen molar-refractivity contribution in [2.75, 3.05) is 0 Å². The predicted molar refractivity (Wildman–Crippen MR) is 77.4 cm³/mol. The van der Waals surface area contributed by atoms with E-state index in [4.69, 9.17) is 18.0 Å². The largest absolute Gasteiger partial charge is 0.392 e. The van der Waals surface area contributed by atoms with Crippen molar-refractivity contribution >= 4 is 23.1 Å². The molecular weight excluding hydrogens is 260 g/mol. The van der Waals surface area contributed by atoms with Crippen LogP contribution >= 0.6 is 12.2 Å². The molecule has 0 spiro atoms. The Kier molecular flexibility index (Phi) is 3.89. The smallest absolute Gasteiger partial charge is 0.233 e. The van der Waals surface area contributed by atoms with Gasteiger partial charge < -0.3 is 11.1 Å². The molecule has 1 aromatic heterocycles. The Morgan fingerprint density at radius 1 is 1.68 bits per heavy atom. The van der Waals surface area contributed by atoms with E-state index >= 15 is 0 Å². The third-order valence-electron chi connectivity index (χ3n) is 3.70. The fourth-order valence-corrected chi connectivity index (χ4v) is 2.98. The molecule has 2 rings (SSSR count). The first kappa shape index (κ1) is 14.0. The molecule has 3 N–H and O–H groups in total. The lowest BCUT2D eigenvalue weighted by Gasteiger charge is -2.44. The predicted octanol–water partition coefficient (Wildman–Crippen LogP) is 1.09. The van der Waals surface area contributed by atoms with Gasteiger partial charge in [-0.25, -0.2) is 0 Å². The van der Waals surface area contributed by atoms with Crippen LogP contribution in [0.5, 0.6) is 0 Å². The van der Waals surface area contributed by atoms with E-state index in [0.29, 0.717) is 17.5 Å². The highest BCUT2D eigenvalue weighted by Gasteiger charge is 2.50. The summed E-state index contributed by atoms with van der Waals surface area (Å²) in [6, 6.07) is 1.85. The highest BCUT2D eigenvalue weighted by molar-refractivity contribution is 7.80. The van der Waals surface area contributed by atoms with E-state index in [9.17, 15) is 4.79 Å². The Balaban J connectivity index is 1.94. The van der Waals surface area contributed by atoms with Gasteiger partial charge in [-0.15, -0.1) is 0 Å². The molecule has 5 nitrogen and oxygen atoms in total. The molecule has 1 fully saturated rings. The maximum Gasteiger partial charge on any atom is 0.233 e. The summed E-state index contributed by atoms with van der Waals surface area (Å²) in [4.78, 5) is 12.7. The fourth-order valence-electron chi connectivity index (χ4n) is 2.73. The summed E-state index contributed by atoms with van der Waals surface area (Å²) in [5.74, 6) is 0.464. The van der Waals surface area contributed by atoms with Crippen LogP contribution in [0, 0.1) is 11.3 Å². The average Bonchev–Trinajstić information content (AvgIpc) is 2.76. The third-order valence-corrected chi connectivity index (χ3v) is 4.09. The Bertz CT molecular complexity index is 465. The van der Waals surface area contributed by atoms with E-state index in [-0.39, 0.29) is 11.9 Å². The summed E-state index contributed by atoms with van der Waals surface area (Å²) in [7, 11) is 0. The van der Waals surface area contributed by atoms with Gasteiger partial charge in [0.15, 0.2) is 0 Å². The van der Waals surface area contributed by atoms with Crippen molar-refractivity contribution in [2.45, 2.75) is 39.3 Å². The third kappa shape index (κ3) is 2.78. The Morgan fingerprint density at radius 2 is 2.37 bits per heavy atom. The van der Waals surface area contributed by atoms with Crippen LogP contribution in [0.25, 0.3) is 0 Å². The quantitative estimate of drug-likeness (QED) is 0.792. The van der Waals surface area contributed by atoms with Gasteiger partial charge in [0.05, 0.1) is 16.9 Å². The number of hydrogen-bond donors (Lipinski definition) is 2. The topological polar surface area (TPSA) is 72.9 Å². The van der Waals surface area contributed by atoms with Gasteiger partial charge in [0.1, 0.15) is 0 Å². The normalized spacial score (nSPS) is 27.4. The Morgan fingerprint density at radius 3 is 2.84 bits per heavy atom. The number of rotatable bonds is 5. The van der Waals surface area contributed by atoms with Crippen LogP contribution in [0.2, 0.25) is 0 Å². The van der Waals surface area contributed by atoms with Crippen molar-refractivity contribution in [3.63, 3.8) is 0 Å². The van der Waals surface area contributed by atoms with Crippen molar-refractivity contribution in [2.24, 2.45) is 17.1 Å². The standard InChI is InChI=1S/C13H20N4OS/c1-9-6-13(7-9,11(14)19)12(18)16-10(2)8-17-5-3-4-15-17/h3-5,9-10H,6-8H2,1-2H3,(H2,14,19)(H,16,18). The lowest BCUT2D eigenvalue weighted by Crippen LogP contribution is -2.57. The maximum atomic E-state index is 12.4. The van der Waals surface area contributed by atoms with Crippen LogP contribution in [-0.2, 0) is 11.3 Å². The molecule has 1 unspecified atom stereocenters. The lowest BCUT2D eigenvalue weighted by atomic mass is 9.62. The summed E-state index contributed by atoms with van der Waals surface area (Å²) in [5.41, 5.74) is 5.13. The first-order chi connectivity index (χ1) is 8.94. The summed E-state index contributed by atoms with van der Waals surface area (Å²) < 4.78 is 1.79. The Hall–Kier alpha value is -1.43. The summed E-state index contributed by atoms with van der Waals surface area (Å²) in [5, 5.41) is 7.12. The monoisotopic (exact) mass is 280 g/mol. The van der Waals surface area contributed by atoms with E-state index in [2.05, 4.69) is 17.3 Å². The number of hydrogen-bond acceptors (Lipinski definition) is 3. The number of nitrogens with zero attached hydrogens (tertiary/aromatic N) is 2. The molecule has 0 aromatic carbocycles. The van der Waals surface area contributed by atoms with Crippen LogP contribution < -0.4 is 11.1 Å². The van der Waals surface area contributed by atoms with Crippen LogP contribution in [0.1, 0.15) is 26.7 Å². The highest BCUT2D eigenvalue weighted by Crippen LogP contribution is 2.46. The number of nitrogens with one attached hydrogen (secondary N) is 1. The summed E-state index contributed by atoms with van der Waals surface area (Å²) >= 11 is 5.08. The minimum absolute atomic E-state index is 0.00506. The van der Waals surface area contributed by atoms with Gasteiger partial charge in [0, 0.05) is 18.4 Å². The second-order valence-electron chi connectivity index (χ2n) is 5.56. The molecule has 0 aliphatic heterocycles. The van der Waals surface area contributed by atoms with Crippen molar-refractivity contribution < 1.29 is 4.79 Å². The van der Waals surface area contributed by atoms with Crippen molar-refractivity contribution in [1.82, 2.24) is 15.1 Å². The van der Waals surface area contributed by atoms with Gasteiger partial charge >= 0.3 is 0 Å². The van der Waals surface area contributed by atoms with Gasteiger partial charge in [0.2, 0.25) is 5.91 Å². The first-order valence-corrected chi connectivity index (χ1v) is 6.93. The molecule has 1 amide bonds. The van der Waals surface area contributed by atoms with Gasteiger partial charge in [-0.2, -0.15) is 5.10 Å². The van der Waals surface area contributed by atoms with E-state index in [1.54, 1.807) is 10.9 Å². The van der Waals surface area contributed by atoms with E-state index in [1.165, 1.54) is 0 Å². The SMILES string of the molecule is CC1CC(C(=O)NC(C)Cn2cccn2)(C(N)=S)C1. The van der Waals surface area contributed by atoms with E-state index in [0.717, 1.165) is 12.8 Å². The second kappa shape index (κ2) is 5.28. The summed E-state index contributed by atoms with van der Waals surface area (Å²) in [6.45, 7) is 4.70. The van der Waals surface area contributed by atoms with Gasteiger partial charge in [-0.1, -0.05) is 19.1 Å². The number of thiocarbonyl (C=S) groups is 1. The molecule has 0 bridgehead atoms. The van der Waals surface area contributed by atoms with Crippen molar-refractivity contribution in [3.05, 3.63) is 18.5 Å². The molecule has 1 saturated carbocycles. The van der Waals surface area contributed by atoms with Gasteiger partial charge in [-0.3, -0.25) is 9.48 Å². The van der Waals surface area contributed by atoms with Crippen molar-refractivity contribution in [1.29, 1.82) is 0 Å². The lowest BCUT2D eigenvalue weighted by molar-refractivity contribution is -0.133. The maximum absolute atomic E-state index is 12.4. The molecule has 6 heteroatoms. The summed E-state index contributed by atoms with van der Waals surface area (Å²) in [6.07, 6.45) is 5.10. The van der Waals surface area contributed by atoms with Crippen LogP contribution in [0.3, 0.4) is 0 Å². The first-order valence-electron chi connectivity index (χ1n) is 6.52. The number of nitrogens with two attached hydrogens (primary N) is 1. The van der Waals surface area contributed by atoms with E-state index < -0.39 is 5.41 Å². The van der Waals surface area contributed by atoms with Crippen LogP contribution in [0.15, 0.2) is 18.5 Å². The minimum atomic E-state index is -0.632. The Labute approximate surface area is 118 Å². The van der Waals surface area contributed by atoms with E-state index in [1.807, 2.05) is 19.2 Å². The molecule has 1 aromatic rings. The zero-order valence-corrected chi connectivity index (χ0v) is 12.1. The number of amides is 1.